The maximum Gasteiger partial charge on any atom is 0.285 e. The molecule has 0 N–H and O–H groups in total. The molecule has 0 atom stereocenters. The first kappa shape index (κ1) is 17.3. The lowest BCUT2D eigenvalue weighted by atomic mass is 10.0. The first-order valence-corrected chi connectivity index (χ1v) is 7.39. The third kappa shape index (κ3) is 3.01. The zero-order valence-electron chi connectivity index (χ0n) is 13.2. The summed E-state index contributed by atoms with van der Waals surface area (Å²) in [5.74, 6) is -0.797. The van der Waals surface area contributed by atoms with E-state index in [1.54, 1.807) is 0 Å². The summed E-state index contributed by atoms with van der Waals surface area (Å²) in [6.45, 7) is 3.22. The topological polar surface area (TPSA) is 102 Å². The fourth-order valence-electron chi connectivity index (χ4n) is 2.57. The smallest absolute Gasteiger partial charge is 0.266 e. The average Bonchev–Trinajstić information content (AvgIpc) is 2.57. The lowest BCUT2D eigenvalue weighted by Crippen LogP contribution is -2.29. The molecule has 8 heteroatoms. The SMILES string of the molecule is CCc1nn(Cc2c(F)cccc2[N+](=O)[O-])c(=O)c(C#N)c1CC. The zero-order valence-corrected chi connectivity index (χ0v) is 13.2. The Labute approximate surface area is 137 Å². The van der Waals surface area contributed by atoms with Crippen LogP contribution in [0.5, 0.6) is 0 Å². The number of nitro groups is 1. The van der Waals surface area contributed by atoms with E-state index in [0.717, 1.165) is 16.8 Å². The second-order valence-electron chi connectivity index (χ2n) is 5.08. The summed E-state index contributed by atoms with van der Waals surface area (Å²) in [7, 11) is 0. The number of nitriles is 1. The van der Waals surface area contributed by atoms with E-state index in [4.69, 9.17) is 0 Å². The molecule has 124 valence electrons. The number of hydrogen-bond donors (Lipinski definition) is 0. The highest BCUT2D eigenvalue weighted by atomic mass is 19.1. The van der Waals surface area contributed by atoms with Crippen molar-refractivity contribution in [2.24, 2.45) is 0 Å². The van der Waals surface area contributed by atoms with Gasteiger partial charge in [0, 0.05) is 6.07 Å². The maximum atomic E-state index is 14.0. The van der Waals surface area contributed by atoms with Crippen LogP contribution in [0.1, 0.15) is 36.2 Å². The Morgan fingerprint density at radius 3 is 2.58 bits per heavy atom. The summed E-state index contributed by atoms with van der Waals surface area (Å²) >= 11 is 0. The summed E-state index contributed by atoms with van der Waals surface area (Å²) in [4.78, 5) is 22.8. The fourth-order valence-corrected chi connectivity index (χ4v) is 2.57. The molecule has 2 rings (SSSR count). The van der Waals surface area contributed by atoms with Crippen molar-refractivity contribution in [2.45, 2.75) is 33.2 Å². The molecular formula is C16H15FN4O3. The van der Waals surface area contributed by atoms with Gasteiger partial charge in [0.25, 0.3) is 11.2 Å². The molecule has 1 aromatic heterocycles. The number of benzene rings is 1. The molecule has 0 radical (unpaired) electrons. The Hall–Kier alpha value is -3.08. The maximum absolute atomic E-state index is 14.0. The van der Waals surface area contributed by atoms with E-state index < -0.39 is 28.5 Å². The van der Waals surface area contributed by atoms with Crippen LogP contribution in [0.15, 0.2) is 23.0 Å². The highest BCUT2D eigenvalue weighted by Gasteiger charge is 2.21. The van der Waals surface area contributed by atoms with E-state index in [1.165, 1.54) is 6.07 Å². The molecule has 0 spiro atoms. The molecule has 1 aromatic carbocycles. The predicted octanol–water partition coefficient (Wildman–Crippen LogP) is 2.34. The van der Waals surface area contributed by atoms with Gasteiger partial charge in [0.2, 0.25) is 0 Å². The number of nitro benzene ring substituents is 1. The van der Waals surface area contributed by atoms with Gasteiger partial charge < -0.3 is 0 Å². The Bertz CT molecular complexity index is 899. The molecule has 0 aliphatic heterocycles. The molecule has 0 aliphatic carbocycles. The molecule has 24 heavy (non-hydrogen) atoms. The Morgan fingerprint density at radius 2 is 2.04 bits per heavy atom. The fraction of sp³-hybridized carbons (Fsp3) is 0.312. The van der Waals surface area contributed by atoms with Gasteiger partial charge in [-0.3, -0.25) is 14.9 Å². The minimum Gasteiger partial charge on any atom is -0.266 e. The van der Waals surface area contributed by atoms with Crippen LogP contribution in [0.25, 0.3) is 0 Å². The van der Waals surface area contributed by atoms with Gasteiger partial charge >= 0.3 is 0 Å². The normalized spacial score (nSPS) is 10.4. The number of nitrogens with zero attached hydrogens (tertiary/aromatic N) is 4. The van der Waals surface area contributed by atoms with Gasteiger partial charge in [-0.25, -0.2) is 9.07 Å². The molecule has 0 saturated carbocycles. The van der Waals surface area contributed by atoms with E-state index in [0.29, 0.717) is 24.1 Å². The van der Waals surface area contributed by atoms with Crippen LogP contribution in [0, 0.1) is 27.3 Å². The van der Waals surface area contributed by atoms with Crippen LogP contribution in [0.4, 0.5) is 10.1 Å². The molecule has 0 amide bonds. The lowest BCUT2D eigenvalue weighted by molar-refractivity contribution is -0.385. The van der Waals surface area contributed by atoms with Crippen LogP contribution < -0.4 is 5.56 Å². The van der Waals surface area contributed by atoms with Crippen molar-refractivity contribution in [3.8, 4) is 6.07 Å². The van der Waals surface area contributed by atoms with Crippen LogP contribution in [-0.4, -0.2) is 14.7 Å². The van der Waals surface area contributed by atoms with Gasteiger partial charge in [-0.2, -0.15) is 10.4 Å². The van der Waals surface area contributed by atoms with E-state index in [1.807, 2.05) is 19.9 Å². The molecule has 0 fully saturated rings. The van der Waals surface area contributed by atoms with Gasteiger partial charge in [-0.1, -0.05) is 19.9 Å². The zero-order chi connectivity index (χ0) is 17.9. The van der Waals surface area contributed by atoms with Crippen LogP contribution >= 0.6 is 0 Å². The number of hydrogen-bond acceptors (Lipinski definition) is 5. The lowest BCUT2D eigenvalue weighted by Gasteiger charge is -2.12. The quantitative estimate of drug-likeness (QED) is 0.618. The van der Waals surface area contributed by atoms with Crippen molar-refractivity contribution in [3.05, 3.63) is 66.9 Å². The Balaban J connectivity index is 2.67. The third-order valence-electron chi connectivity index (χ3n) is 3.74. The standard InChI is InChI=1S/C16H15FN4O3/c1-3-10-11(8-18)16(22)20(19-14(10)4-2)9-12-13(17)6-5-7-15(12)21(23)24/h5-7H,3-4,9H2,1-2H3. The first-order chi connectivity index (χ1) is 11.4. The van der Waals surface area contributed by atoms with Crippen LogP contribution in [-0.2, 0) is 19.4 Å². The molecule has 7 nitrogen and oxygen atoms in total. The summed E-state index contributed by atoms with van der Waals surface area (Å²) in [6.07, 6.45) is 0.951. The van der Waals surface area contributed by atoms with Crippen molar-refractivity contribution in [1.82, 2.24) is 9.78 Å². The van der Waals surface area contributed by atoms with Crippen molar-refractivity contribution >= 4 is 5.69 Å². The van der Waals surface area contributed by atoms with Crippen molar-refractivity contribution in [2.75, 3.05) is 0 Å². The average molecular weight is 330 g/mol. The minimum absolute atomic E-state index is 0.0525. The Kier molecular flexibility index (Phi) is 5.04. The molecule has 0 saturated heterocycles. The van der Waals surface area contributed by atoms with E-state index >= 15 is 0 Å². The molecule has 0 aliphatic rings. The Morgan fingerprint density at radius 1 is 1.33 bits per heavy atom. The highest BCUT2D eigenvalue weighted by molar-refractivity contribution is 5.42. The van der Waals surface area contributed by atoms with Gasteiger partial charge in [0.05, 0.1) is 22.7 Å². The van der Waals surface area contributed by atoms with E-state index in [9.17, 15) is 24.6 Å². The summed E-state index contributed by atoms with van der Waals surface area (Å²) < 4.78 is 14.9. The molecular weight excluding hydrogens is 315 g/mol. The molecule has 1 heterocycles. The minimum atomic E-state index is -0.797. The summed E-state index contributed by atoms with van der Waals surface area (Å²) in [5.41, 5.74) is -0.295. The van der Waals surface area contributed by atoms with Crippen molar-refractivity contribution < 1.29 is 9.31 Å². The molecule has 0 unspecified atom stereocenters. The van der Waals surface area contributed by atoms with Gasteiger partial charge in [0.1, 0.15) is 17.4 Å². The predicted molar refractivity (Wildman–Crippen MR) is 84.1 cm³/mol. The van der Waals surface area contributed by atoms with Crippen molar-refractivity contribution in [3.63, 3.8) is 0 Å². The number of aryl methyl sites for hydroxylation is 1. The van der Waals surface area contributed by atoms with Gasteiger partial charge in [-0.05, 0) is 24.5 Å². The van der Waals surface area contributed by atoms with Crippen LogP contribution in [0.2, 0.25) is 0 Å². The number of halogens is 1. The third-order valence-corrected chi connectivity index (χ3v) is 3.74. The number of aromatic nitrogens is 2. The monoisotopic (exact) mass is 330 g/mol. The van der Waals surface area contributed by atoms with Gasteiger partial charge in [-0.15, -0.1) is 0 Å². The summed E-state index contributed by atoms with van der Waals surface area (Å²) in [5, 5.41) is 24.5. The van der Waals surface area contributed by atoms with Crippen molar-refractivity contribution in [1.29, 1.82) is 5.26 Å². The summed E-state index contributed by atoms with van der Waals surface area (Å²) in [6, 6.07) is 5.34. The van der Waals surface area contributed by atoms with Gasteiger partial charge in [0.15, 0.2) is 0 Å². The second kappa shape index (κ2) is 7.00. The van der Waals surface area contributed by atoms with E-state index in [2.05, 4.69) is 5.10 Å². The second-order valence-corrected chi connectivity index (χ2v) is 5.08. The first-order valence-electron chi connectivity index (χ1n) is 7.39. The largest absolute Gasteiger partial charge is 0.285 e. The highest BCUT2D eigenvalue weighted by Crippen LogP contribution is 2.22. The van der Waals surface area contributed by atoms with E-state index in [-0.39, 0.29) is 11.1 Å². The molecule has 2 aromatic rings. The number of rotatable bonds is 5. The molecule has 0 bridgehead atoms. The van der Waals surface area contributed by atoms with Crippen LogP contribution in [0.3, 0.4) is 0 Å².